The first-order valence-corrected chi connectivity index (χ1v) is 9.11. The van der Waals surface area contributed by atoms with Crippen molar-refractivity contribution in [1.29, 1.82) is 0 Å². The number of benzene rings is 3. The Balaban J connectivity index is 1.48. The molecule has 0 fully saturated rings. The van der Waals surface area contributed by atoms with Crippen molar-refractivity contribution in [2.45, 2.75) is 6.54 Å². The summed E-state index contributed by atoms with van der Waals surface area (Å²) in [4.78, 5) is 12.1. The summed E-state index contributed by atoms with van der Waals surface area (Å²) < 4.78 is 21.8. The van der Waals surface area contributed by atoms with E-state index < -0.39 is 0 Å². The van der Waals surface area contributed by atoms with E-state index in [0.717, 1.165) is 11.3 Å². The zero-order chi connectivity index (χ0) is 20.5. The van der Waals surface area contributed by atoms with Crippen molar-refractivity contribution in [2.75, 3.05) is 20.8 Å². The van der Waals surface area contributed by atoms with Gasteiger partial charge in [-0.2, -0.15) is 0 Å². The van der Waals surface area contributed by atoms with Gasteiger partial charge in [0.15, 0.2) is 6.61 Å². The van der Waals surface area contributed by atoms with Crippen molar-refractivity contribution < 1.29 is 23.7 Å². The molecule has 1 N–H and O–H groups in total. The predicted molar refractivity (Wildman–Crippen MR) is 110 cm³/mol. The lowest BCUT2D eigenvalue weighted by Crippen LogP contribution is -2.28. The fraction of sp³-hybridized carbons (Fsp3) is 0.174. The van der Waals surface area contributed by atoms with Gasteiger partial charge in [-0.15, -0.1) is 0 Å². The number of hydrogen-bond acceptors (Lipinski definition) is 5. The van der Waals surface area contributed by atoms with Gasteiger partial charge in [0, 0.05) is 12.1 Å². The minimum atomic E-state index is -0.237. The predicted octanol–water partition coefficient (Wildman–Crippen LogP) is 4.19. The van der Waals surface area contributed by atoms with Gasteiger partial charge in [-0.25, -0.2) is 0 Å². The largest absolute Gasteiger partial charge is 0.497 e. The van der Waals surface area contributed by atoms with Crippen LogP contribution >= 0.6 is 0 Å². The van der Waals surface area contributed by atoms with E-state index in [-0.39, 0.29) is 12.5 Å². The summed E-state index contributed by atoms with van der Waals surface area (Å²) >= 11 is 0. The molecule has 0 aliphatic heterocycles. The molecule has 0 aliphatic carbocycles. The van der Waals surface area contributed by atoms with Crippen molar-refractivity contribution in [3.8, 4) is 28.7 Å². The van der Waals surface area contributed by atoms with Gasteiger partial charge in [0.25, 0.3) is 5.91 Å². The molecule has 0 unspecified atom stereocenters. The number of para-hydroxylation sites is 1. The summed E-state index contributed by atoms with van der Waals surface area (Å²) in [6.07, 6.45) is 0. The molecule has 3 rings (SSSR count). The van der Waals surface area contributed by atoms with E-state index in [0.29, 0.717) is 29.5 Å². The Morgan fingerprint density at radius 2 is 1.45 bits per heavy atom. The second-order valence-electron chi connectivity index (χ2n) is 6.13. The zero-order valence-corrected chi connectivity index (χ0v) is 16.4. The first-order valence-electron chi connectivity index (χ1n) is 9.11. The molecular weight excluding hydrogens is 370 g/mol. The van der Waals surface area contributed by atoms with Crippen LogP contribution in [0.4, 0.5) is 0 Å². The van der Waals surface area contributed by atoms with Crippen LogP contribution in [0.5, 0.6) is 28.7 Å². The summed E-state index contributed by atoms with van der Waals surface area (Å²) in [7, 11) is 3.18. The van der Waals surface area contributed by atoms with Crippen LogP contribution < -0.4 is 24.3 Å². The topological polar surface area (TPSA) is 66.0 Å². The highest BCUT2D eigenvalue weighted by Crippen LogP contribution is 2.24. The first kappa shape index (κ1) is 20.1. The molecule has 150 valence electrons. The molecular formula is C23H23NO5. The van der Waals surface area contributed by atoms with Crippen LogP contribution in [0.25, 0.3) is 0 Å². The Kier molecular flexibility index (Phi) is 6.95. The molecule has 0 aromatic heterocycles. The van der Waals surface area contributed by atoms with Crippen molar-refractivity contribution in [3.63, 3.8) is 0 Å². The monoisotopic (exact) mass is 393 g/mol. The van der Waals surface area contributed by atoms with Crippen LogP contribution in [0.1, 0.15) is 5.56 Å². The third-order valence-corrected chi connectivity index (χ3v) is 4.14. The number of ether oxygens (including phenoxy) is 4. The number of hydrogen-bond donors (Lipinski definition) is 1. The van der Waals surface area contributed by atoms with Crippen molar-refractivity contribution >= 4 is 5.91 Å². The summed E-state index contributed by atoms with van der Waals surface area (Å²) in [6.45, 7) is 0.220. The van der Waals surface area contributed by atoms with E-state index in [9.17, 15) is 4.79 Å². The summed E-state index contributed by atoms with van der Waals surface area (Å²) in [5, 5.41) is 2.82. The normalized spacial score (nSPS) is 10.1. The molecule has 6 nitrogen and oxygen atoms in total. The average Bonchev–Trinajstić information content (AvgIpc) is 2.77. The van der Waals surface area contributed by atoms with Crippen molar-refractivity contribution in [1.82, 2.24) is 5.32 Å². The molecule has 0 saturated heterocycles. The van der Waals surface area contributed by atoms with Crippen LogP contribution in [0, 0.1) is 0 Å². The van der Waals surface area contributed by atoms with Gasteiger partial charge in [-0.05, 0) is 54.6 Å². The van der Waals surface area contributed by atoms with Gasteiger partial charge in [-0.1, -0.05) is 18.2 Å². The van der Waals surface area contributed by atoms with Crippen LogP contribution in [0.15, 0.2) is 72.8 Å². The highest BCUT2D eigenvalue weighted by Gasteiger charge is 2.08. The van der Waals surface area contributed by atoms with E-state index >= 15 is 0 Å². The molecule has 0 bridgehead atoms. The van der Waals surface area contributed by atoms with Gasteiger partial charge >= 0.3 is 0 Å². The number of carbonyl (C=O) groups is 1. The van der Waals surface area contributed by atoms with Crippen LogP contribution in [-0.2, 0) is 11.3 Å². The molecule has 0 saturated carbocycles. The molecule has 6 heteroatoms. The third-order valence-electron chi connectivity index (χ3n) is 4.14. The van der Waals surface area contributed by atoms with Crippen LogP contribution in [0.3, 0.4) is 0 Å². The maximum Gasteiger partial charge on any atom is 0.258 e. The molecule has 1 amide bonds. The Morgan fingerprint density at radius 1 is 0.793 bits per heavy atom. The van der Waals surface area contributed by atoms with E-state index in [1.54, 1.807) is 50.6 Å². The van der Waals surface area contributed by atoms with E-state index in [1.807, 2.05) is 36.4 Å². The van der Waals surface area contributed by atoms with E-state index in [4.69, 9.17) is 18.9 Å². The standard InChI is InChI=1S/C23H23NO5/c1-26-21-12-13-22(27-2)17(14-21)15-24-23(25)16-28-18-8-10-20(11-9-18)29-19-6-4-3-5-7-19/h3-14H,15-16H2,1-2H3,(H,24,25). The third kappa shape index (κ3) is 5.90. The minimum absolute atomic E-state index is 0.0921. The first-order chi connectivity index (χ1) is 14.2. The Hall–Kier alpha value is -3.67. The smallest absolute Gasteiger partial charge is 0.258 e. The average molecular weight is 393 g/mol. The Morgan fingerprint density at radius 3 is 2.14 bits per heavy atom. The minimum Gasteiger partial charge on any atom is -0.497 e. The molecule has 3 aromatic rings. The fourth-order valence-corrected chi connectivity index (χ4v) is 2.64. The fourth-order valence-electron chi connectivity index (χ4n) is 2.64. The Bertz CT molecular complexity index is 926. The summed E-state index contributed by atoms with van der Waals surface area (Å²) in [5.41, 5.74) is 0.822. The second kappa shape index (κ2) is 10.0. The molecule has 0 radical (unpaired) electrons. The lowest BCUT2D eigenvalue weighted by Gasteiger charge is -2.12. The summed E-state index contributed by atoms with van der Waals surface area (Å²) in [6, 6.07) is 22.0. The van der Waals surface area contributed by atoms with Gasteiger partial charge < -0.3 is 24.3 Å². The van der Waals surface area contributed by atoms with Gasteiger partial charge in [0.05, 0.1) is 14.2 Å². The van der Waals surface area contributed by atoms with Gasteiger partial charge in [0.1, 0.15) is 28.7 Å². The zero-order valence-electron chi connectivity index (χ0n) is 16.4. The van der Waals surface area contributed by atoms with Crippen LogP contribution in [-0.4, -0.2) is 26.7 Å². The lowest BCUT2D eigenvalue weighted by atomic mass is 10.2. The number of nitrogens with one attached hydrogen (secondary N) is 1. The SMILES string of the molecule is COc1ccc(OC)c(CNC(=O)COc2ccc(Oc3ccccc3)cc2)c1. The maximum atomic E-state index is 12.1. The highest BCUT2D eigenvalue weighted by molar-refractivity contribution is 5.77. The second-order valence-corrected chi connectivity index (χ2v) is 6.13. The molecule has 0 atom stereocenters. The number of methoxy groups -OCH3 is 2. The molecule has 3 aromatic carbocycles. The maximum absolute atomic E-state index is 12.1. The number of rotatable bonds is 9. The van der Waals surface area contributed by atoms with E-state index in [2.05, 4.69) is 5.32 Å². The molecule has 0 spiro atoms. The molecule has 0 aliphatic rings. The van der Waals surface area contributed by atoms with Crippen LogP contribution in [0.2, 0.25) is 0 Å². The number of amides is 1. The van der Waals surface area contributed by atoms with E-state index in [1.165, 1.54) is 0 Å². The Labute approximate surface area is 170 Å². The van der Waals surface area contributed by atoms with Gasteiger partial charge in [0.2, 0.25) is 0 Å². The summed E-state index contributed by atoms with van der Waals surface area (Å²) in [5.74, 6) is 3.18. The lowest BCUT2D eigenvalue weighted by molar-refractivity contribution is -0.123. The van der Waals surface area contributed by atoms with Crippen molar-refractivity contribution in [3.05, 3.63) is 78.4 Å². The van der Waals surface area contributed by atoms with Crippen molar-refractivity contribution in [2.24, 2.45) is 0 Å². The van der Waals surface area contributed by atoms with Gasteiger partial charge in [-0.3, -0.25) is 4.79 Å². The molecule has 0 heterocycles. The molecule has 29 heavy (non-hydrogen) atoms. The number of carbonyl (C=O) groups excluding carboxylic acids is 1. The highest BCUT2D eigenvalue weighted by atomic mass is 16.5. The quantitative estimate of drug-likeness (QED) is 0.590.